The molecule has 92 valence electrons. The second-order valence-electron chi connectivity index (χ2n) is 5.84. The van der Waals surface area contributed by atoms with E-state index in [4.69, 9.17) is 4.98 Å². The molecule has 1 heterocycles. The van der Waals surface area contributed by atoms with E-state index in [-0.39, 0.29) is 6.10 Å². The smallest absolute Gasteiger partial charge is 0.0813 e. The van der Waals surface area contributed by atoms with E-state index in [0.717, 1.165) is 31.2 Å². The summed E-state index contributed by atoms with van der Waals surface area (Å²) >= 11 is 0. The van der Waals surface area contributed by atoms with Crippen molar-refractivity contribution in [3.05, 3.63) is 29.1 Å². The number of pyridine rings is 1. The van der Waals surface area contributed by atoms with E-state index < -0.39 is 0 Å². The van der Waals surface area contributed by atoms with Crippen LogP contribution in [0.4, 0.5) is 0 Å². The second kappa shape index (κ2) is 4.09. The van der Waals surface area contributed by atoms with Crippen LogP contribution >= 0.6 is 0 Å². The van der Waals surface area contributed by atoms with Gasteiger partial charge in [-0.05, 0) is 43.6 Å². The Hall–Kier alpha value is -0.890. The number of nitrogens with zero attached hydrogens (tertiary/aromatic N) is 1. The fraction of sp³-hybridized carbons (Fsp3) is 0.667. The van der Waals surface area contributed by atoms with E-state index in [1.165, 1.54) is 30.7 Å². The Bertz CT molecular complexity index is 423. The quantitative estimate of drug-likeness (QED) is 0.848. The summed E-state index contributed by atoms with van der Waals surface area (Å²) < 4.78 is 0. The Morgan fingerprint density at radius 1 is 1.41 bits per heavy atom. The summed E-state index contributed by atoms with van der Waals surface area (Å²) in [6.45, 7) is 2.18. The van der Waals surface area contributed by atoms with Crippen LogP contribution in [0.15, 0.2) is 12.1 Å². The highest BCUT2D eigenvalue weighted by atomic mass is 16.3. The maximum Gasteiger partial charge on any atom is 0.0813 e. The van der Waals surface area contributed by atoms with Crippen LogP contribution in [0.1, 0.15) is 62.1 Å². The van der Waals surface area contributed by atoms with Gasteiger partial charge in [0.2, 0.25) is 0 Å². The molecule has 3 rings (SSSR count). The van der Waals surface area contributed by atoms with Crippen LogP contribution in [-0.4, -0.2) is 10.1 Å². The Balaban J connectivity index is 1.92. The lowest BCUT2D eigenvalue weighted by atomic mass is 9.60. The predicted molar refractivity (Wildman–Crippen MR) is 67.8 cm³/mol. The molecule has 2 aliphatic carbocycles. The minimum Gasteiger partial charge on any atom is -0.388 e. The number of fused-ring (bicyclic) bond motifs is 1. The number of aromatic nitrogens is 1. The number of hydrogen-bond acceptors (Lipinski definition) is 2. The summed E-state index contributed by atoms with van der Waals surface area (Å²) in [5, 5.41) is 10.2. The minimum atomic E-state index is -0.276. The van der Waals surface area contributed by atoms with Gasteiger partial charge >= 0.3 is 0 Å². The van der Waals surface area contributed by atoms with Crippen molar-refractivity contribution in [2.24, 2.45) is 5.41 Å². The molecule has 1 N–H and O–H groups in total. The van der Waals surface area contributed by atoms with Crippen LogP contribution in [-0.2, 0) is 12.8 Å². The first-order chi connectivity index (χ1) is 8.22. The molecule has 2 heteroatoms. The van der Waals surface area contributed by atoms with Crippen molar-refractivity contribution in [3.8, 4) is 0 Å². The second-order valence-corrected chi connectivity index (χ2v) is 5.84. The Labute approximate surface area is 103 Å². The highest BCUT2D eigenvalue weighted by Gasteiger charge is 2.43. The van der Waals surface area contributed by atoms with Gasteiger partial charge < -0.3 is 5.11 Å². The molecule has 0 aromatic carbocycles. The Morgan fingerprint density at radius 3 is 2.88 bits per heavy atom. The van der Waals surface area contributed by atoms with Crippen LogP contribution in [0.3, 0.4) is 0 Å². The van der Waals surface area contributed by atoms with E-state index in [0.29, 0.717) is 5.41 Å². The molecule has 0 amide bonds. The fourth-order valence-electron chi connectivity index (χ4n) is 3.40. The van der Waals surface area contributed by atoms with Gasteiger partial charge in [0, 0.05) is 17.0 Å². The van der Waals surface area contributed by atoms with Crippen molar-refractivity contribution in [1.29, 1.82) is 0 Å². The molecule has 0 saturated heterocycles. The lowest BCUT2D eigenvalue weighted by Crippen LogP contribution is -2.37. The first-order valence-corrected chi connectivity index (χ1v) is 6.89. The number of aliphatic hydroxyl groups excluding tert-OH is 1. The van der Waals surface area contributed by atoms with Crippen molar-refractivity contribution in [3.63, 3.8) is 0 Å². The summed E-state index contributed by atoms with van der Waals surface area (Å²) in [7, 11) is 0. The topological polar surface area (TPSA) is 33.1 Å². The van der Waals surface area contributed by atoms with E-state index in [2.05, 4.69) is 19.1 Å². The zero-order valence-electron chi connectivity index (χ0n) is 10.6. The molecule has 2 aliphatic rings. The zero-order chi connectivity index (χ0) is 11.9. The maximum absolute atomic E-state index is 10.2. The van der Waals surface area contributed by atoms with E-state index in [1.54, 1.807) is 0 Å². The van der Waals surface area contributed by atoms with Gasteiger partial charge in [0.05, 0.1) is 6.10 Å². The standard InChI is InChI=1S/C15H21NO/c1-2-4-11-5-6-12-13(16-11)9-15(7-3-8-15)10-14(12)17/h5-6,14,17H,2-4,7-10H2,1H3. The predicted octanol–water partition coefficient (Wildman–Crippen LogP) is 3.18. The first-order valence-electron chi connectivity index (χ1n) is 6.89. The SMILES string of the molecule is CCCc1ccc2c(n1)CC1(CCC1)CC2O. The normalized spacial score (nSPS) is 25.4. The molecule has 1 fully saturated rings. The average molecular weight is 231 g/mol. The van der Waals surface area contributed by atoms with Crippen LogP contribution in [0, 0.1) is 5.41 Å². The lowest BCUT2D eigenvalue weighted by molar-refractivity contribution is 0.0244. The van der Waals surface area contributed by atoms with Crippen molar-refractivity contribution in [2.75, 3.05) is 0 Å². The molecule has 17 heavy (non-hydrogen) atoms. The van der Waals surface area contributed by atoms with Crippen molar-refractivity contribution >= 4 is 0 Å². The van der Waals surface area contributed by atoms with Gasteiger partial charge in [0.15, 0.2) is 0 Å². The van der Waals surface area contributed by atoms with Gasteiger partial charge in [0.25, 0.3) is 0 Å². The van der Waals surface area contributed by atoms with Crippen molar-refractivity contribution in [2.45, 2.75) is 58.0 Å². The first kappa shape index (κ1) is 11.2. The number of aryl methyl sites for hydroxylation is 1. The molecule has 0 radical (unpaired) electrons. The van der Waals surface area contributed by atoms with E-state index in [9.17, 15) is 5.11 Å². The summed E-state index contributed by atoms with van der Waals surface area (Å²) in [6, 6.07) is 4.19. The molecule has 0 aliphatic heterocycles. The fourth-order valence-corrected chi connectivity index (χ4v) is 3.40. The molecule has 1 saturated carbocycles. The molecule has 1 aromatic rings. The van der Waals surface area contributed by atoms with Gasteiger partial charge in [-0.3, -0.25) is 4.98 Å². The van der Waals surface area contributed by atoms with Crippen LogP contribution in [0.2, 0.25) is 0 Å². The third-order valence-corrected chi connectivity index (χ3v) is 4.52. The summed E-state index contributed by atoms with van der Waals surface area (Å²) in [5.74, 6) is 0. The molecular weight excluding hydrogens is 210 g/mol. The molecule has 1 atom stereocenters. The van der Waals surface area contributed by atoms with E-state index in [1.807, 2.05) is 0 Å². The van der Waals surface area contributed by atoms with Crippen molar-refractivity contribution < 1.29 is 5.11 Å². The Morgan fingerprint density at radius 2 is 2.24 bits per heavy atom. The van der Waals surface area contributed by atoms with Gasteiger partial charge in [0.1, 0.15) is 0 Å². The summed E-state index contributed by atoms with van der Waals surface area (Å²) in [4.78, 5) is 4.77. The van der Waals surface area contributed by atoms with Crippen molar-refractivity contribution in [1.82, 2.24) is 4.98 Å². The highest BCUT2D eigenvalue weighted by Crippen LogP contribution is 2.52. The Kier molecular flexibility index (Phi) is 2.70. The van der Waals surface area contributed by atoms with Crippen LogP contribution in [0.25, 0.3) is 0 Å². The largest absolute Gasteiger partial charge is 0.388 e. The monoisotopic (exact) mass is 231 g/mol. The number of hydrogen-bond donors (Lipinski definition) is 1. The molecule has 1 spiro atoms. The lowest BCUT2D eigenvalue weighted by Gasteiger charge is -2.46. The van der Waals surface area contributed by atoms with Crippen LogP contribution < -0.4 is 0 Å². The molecule has 1 aromatic heterocycles. The van der Waals surface area contributed by atoms with Crippen LogP contribution in [0.5, 0.6) is 0 Å². The maximum atomic E-state index is 10.2. The van der Waals surface area contributed by atoms with Gasteiger partial charge in [-0.2, -0.15) is 0 Å². The van der Waals surface area contributed by atoms with Gasteiger partial charge in [-0.15, -0.1) is 0 Å². The van der Waals surface area contributed by atoms with Gasteiger partial charge in [-0.25, -0.2) is 0 Å². The third kappa shape index (κ3) is 1.89. The third-order valence-electron chi connectivity index (χ3n) is 4.52. The number of aliphatic hydroxyl groups is 1. The summed E-state index contributed by atoms with van der Waals surface area (Å²) in [5.41, 5.74) is 3.84. The van der Waals surface area contributed by atoms with Gasteiger partial charge in [-0.1, -0.05) is 25.8 Å². The molecular formula is C15H21NO. The highest BCUT2D eigenvalue weighted by molar-refractivity contribution is 5.30. The summed E-state index contributed by atoms with van der Waals surface area (Å²) in [6.07, 6.45) is 7.85. The number of rotatable bonds is 2. The zero-order valence-corrected chi connectivity index (χ0v) is 10.6. The molecule has 1 unspecified atom stereocenters. The molecule has 0 bridgehead atoms. The molecule has 2 nitrogen and oxygen atoms in total. The minimum absolute atomic E-state index is 0.276. The average Bonchev–Trinajstić information content (AvgIpc) is 2.27. The van der Waals surface area contributed by atoms with E-state index >= 15 is 0 Å².